The van der Waals surface area contributed by atoms with Crippen LogP contribution in [0.15, 0.2) is 12.7 Å². The predicted molar refractivity (Wildman–Crippen MR) is 64.4 cm³/mol. The molecular formula is C10H24N4O2. The third-order valence-electron chi connectivity index (χ3n) is 2.40. The summed E-state index contributed by atoms with van der Waals surface area (Å²) in [6.45, 7) is 4.53. The van der Waals surface area contributed by atoms with Gasteiger partial charge in [0.1, 0.15) is 12.5 Å². The molecule has 0 aliphatic heterocycles. The molecule has 96 valence electrons. The van der Waals surface area contributed by atoms with Crippen LogP contribution >= 0.6 is 0 Å². The molecule has 0 aromatic carbocycles. The van der Waals surface area contributed by atoms with Gasteiger partial charge in [-0.05, 0) is 19.4 Å². The maximum absolute atomic E-state index is 9.38. The number of rotatable bonds is 9. The first kappa shape index (κ1) is 15.5. The summed E-state index contributed by atoms with van der Waals surface area (Å²) in [5.41, 5.74) is 10.7. The highest BCUT2D eigenvalue weighted by Crippen LogP contribution is 2.09. The molecule has 0 saturated carbocycles. The van der Waals surface area contributed by atoms with E-state index < -0.39 is 18.5 Å². The summed E-state index contributed by atoms with van der Waals surface area (Å²) in [4.78, 5) is 0. The first-order valence-electron chi connectivity index (χ1n) is 5.40. The minimum Gasteiger partial charge on any atom is -0.377 e. The quantitative estimate of drug-likeness (QED) is 0.200. The lowest BCUT2D eigenvalue weighted by Gasteiger charge is -2.26. The van der Waals surface area contributed by atoms with Gasteiger partial charge in [0.15, 0.2) is 0 Å². The van der Waals surface area contributed by atoms with Gasteiger partial charge in [-0.25, -0.2) is 0 Å². The number of hydrogen-bond acceptors (Lipinski definition) is 6. The molecule has 6 nitrogen and oxygen atoms in total. The lowest BCUT2D eigenvalue weighted by atomic mass is 9.98. The maximum Gasteiger partial charge on any atom is 0.118 e. The fourth-order valence-electron chi connectivity index (χ4n) is 1.47. The van der Waals surface area contributed by atoms with Gasteiger partial charge in [0.2, 0.25) is 0 Å². The van der Waals surface area contributed by atoms with Gasteiger partial charge in [0.25, 0.3) is 0 Å². The highest BCUT2D eigenvalue weighted by molar-refractivity contribution is 4.86. The Morgan fingerprint density at radius 1 is 1.44 bits per heavy atom. The Morgan fingerprint density at radius 2 is 2.06 bits per heavy atom. The molecule has 0 aliphatic rings. The Labute approximate surface area is 96.7 Å². The van der Waals surface area contributed by atoms with Crippen LogP contribution in [0.1, 0.15) is 6.42 Å². The zero-order chi connectivity index (χ0) is 12.6. The molecule has 0 fully saturated rings. The van der Waals surface area contributed by atoms with Crippen molar-refractivity contribution in [3.05, 3.63) is 12.7 Å². The molecule has 0 aromatic heterocycles. The van der Waals surface area contributed by atoms with E-state index in [0.29, 0.717) is 6.42 Å². The molecule has 4 atom stereocenters. The van der Waals surface area contributed by atoms with E-state index >= 15 is 0 Å². The lowest BCUT2D eigenvalue weighted by molar-refractivity contribution is 0.0648. The van der Waals surface area contributed by atoms with Crippen LogP contribution in [0.25, 0.3) is 0 Å². The normalized spacial score (nSPS) is 18.8. The van der Waals surface area contributed by atoms with Crippen molar-refractivity contribution < 1.29 is 10.2 Å². The van der Waals surface area contributed by atoms with E-state index in [4.69, 9.17) is 11.5 Å². The monoisotopic (exact) mass is 232 g/mol. The highest BCUT2D eigenvalue weighted by atomic mass is 16.3. The first-order chi connectivity index (χ1) is 7.54. The van der Waals surface area contributed by atoms with Gasteiger partial charge in [0.05, 0.1) is 0 Å². The van der Waals surface area contributed by atoms with Crippen molar-refractivity contribution in [2.45, 2.75) is 24.9 Å². The molecule has 0 heterocycles. The Hall–Kier alpha value is -0.500. The van der Waals surface area contributed by atoms with E-state index in [9.17, 15) is 10.2 Å². The molecule has 0 aliphatic carbocycles. The average Bonchev–Trinajstić information content (AvgIpc) is 2.26. The summed E-state index contributed by atoms with van der Waals surface area (Å²) >= 11 is 0. The summed E-state index contributed by atoms with van der Waals surface area (Å²) in [5.74, 6) is 0.172. The number of nitrogens with two attached hydrogens (primary N) is 2. The van der Waals surface area contributed by atoms with Gasteiger partial charge in [-0.2, -0.15) is 0 Å². The Kier molecular flexibility index (Phi) is 8.36. The lowest BCUT2D eigenvalue weighted by Crippen LogP contribution is -2.52. The SMILES string of the molecule is C=CC(CNC)C[C@H](NC(O)CN)C(N)O. The first-order valence-corrected chi connectivity index (χ1v) is 5.40. The van der Waals surface area contributed by atoms with Crippen LogP contribution in [0.3, 0.4) is 0 Å². The molecule has 6 heteroatoms. The zero-order valence-corrected chi connectivity index (χ0v) is 9.76. The van der Waals surface area contributed by atoms with Crippen molar-refractivity contribution in [3.63, 3.8) is 0 Å². The van der Waals surface area contributed by atoms with E-state index in [0.717, 1.165) is 6.54 Å². The summed E-state index contributed by atoms with van der Waals surface area (Å²) in [6.07, 6.45) is 0.477. The summed E-state index contributed by atoms with van der Waals surface area (Å²) in [5, 5.41) is 24.5. The van der Waals surface area contributed by atoms with E-state index in [1.54, 1.807) is 6.08 Å². The van der Waals surface area contributed by atoms with Crippen molar-refractivity contribution in [2.75, 3.05) is 20.1 Å². The molecule has 0 radical (unpaired) electrons. The zero-order valence-electron chi connectivity index (χ0n) is 9.76. The maximum atomic E-state index is 9.38. The van der Waals surface area contributed by atoms with Crippen molar-refractivity contribution in [2.24, 2.45) is 17.4 Å². The standard InChI is InChI=1S/C10H24N4O2/c1-3-7(6-13-2)4-8(10(12)16)14-9(15)5-11/h3,7-10,13-16H,1,4-6,11-12H2,2H3/t7?,8-,9?,10?/m0/s1. The predicted octanol–water partition coefficient (Wildman–Crippen LogP) is -2.09. The molecule has 0 rings (SSSR count). The number of nitrogens with one attached hydrogen (secondary N) is 2. The molecule has 0 aromatic rings. The van der Waals surface area contributed by atoms with Gasteiger partial charge in [0, 0.05) is 19.1 Å². The van der Waals surface area contributed by atoms with Crippen LogP contribution < -0.4 is 22.1 Å². The van der Waals surface area contributed by atoms with Crippen molar-refractivity contribution in [1.29, 1.82) is 0 Å². The molecular weight excluding hydrogens is 208 g/mol. The average molecular weight is 232 g/mol. The van der Waals surface area contributed by atoms with Crippen molar-refractivity contribution in [1.82, 2.24) is 10.6 Å². The fourth-order valence-corrected chi connectivity index (χ4v) is 1.47. The Morgan fingerprint density at radius 3 is 2.44 bits per heavy atom. The van der Waals surface area contributed by atoms with E-state index in [1.165, 1.54) is 0 Å². The van der Waals surface area contributed by atoms with E-state index in [2.05, 4.69) is 17.2 Å². The van der Waals surface area contributed by atoms with Gasteiger partial charge in [-0.1, -0.05) is 6.08 Å². The highest BCUT2D eigenvalue weighted by Gasteiger charge is 2.20. The summed E-state index contributed by atoms with van der Waals surface area (Å²) in [7, 11) is 1.84. The summed E-state index contributed by atoms with van der Waals surface area (Å²) in [6, 6.07) is -0.408. The van der Waals surface area contributed by atoms with Gasteiger partial charge in [-0.3, -0.25) is 5.32 Å². The van der Waals surface area contributed by atoms with Crippen molar-refractivity contribution >= 4 is 0 Å². The third-order valence-corrected chi connectivity index (χ3v) is 2.40. The van der Waals surface area contributed by atoms with Crippen LogP contribution in [0.5, 0.6) is 0 Å². The smallest absolute Gasteiger partial charge is 0.118 e. The minimum atomic E-state index is -1.04. The molecule has 16 heavy (non-hydrogen) atoms. The summed E-state index contributed by atoms with van der Waals surface area (Å²) < 4.78 is 0. The topological polar surface area (TPSA) is 117 Å². The van der Waals surface area contributed by atoms with Gasteiger partial charge in [-0.15, -0.1) is 6.58 Å². The van der Waals surface area contributed by atoms with Crippen molar-refractivity contribution in [3.8, 4) is 0 Å². The Balaban J connectivity index is 4.24. The second-order valence-electron chi connectivity index (χ2n) is 3.80. The number of aliphatic hydroxyl groups is 2. The second-order valence-corrected chi connectivity index (χ2v) is 3.80. The van der Waals surface area contributed by atoms with Crippen LogP contribution in [-0.4, -0.2) is 48.8 Å². The van der Waals surface area contributed by atoms with Gasteiger partial charge < -0.3 is 27.0 Å². The third kappa shape index (κ3) is 6.16. The minimum absolute atomic E-state index is 0.0774. The van der Waals surface area contributed by atoms with Crippen LogP contribution in [0.2, 0.25) is 0 Å². The molecule has 0 saturated heterocycles. The van der Waals surface area contributed by atoms with Crippen LogP contribution in [0.4, 0.5) is 0 Å². The van der Waals surface area contributed by atoms with Gasteiger partial charge >= 0.3 is 0 Å². The second kappa shape index (κ2) is 8.63. The molecule has 3 unspecified atom stereocenters. The van der Waals surface area contributed by atoms with E-state index in [-0.39, 0.29) is 12.5 Å². The van der Waals surface area contributed by atoms with E-state index in [1.807, 2.05) is 7.05 Å². The Bertz CT molecular complexity index is 190. The van der Waals surface area contributed by atoms with Crippen LogP contribution in [0, 0.1) is 5.92 Å². The van der Waals surface area contributed by atoms with Crippen LogP contribution in [-0.2, 0) is 0 Å². The largest absolute Gasteiger partial charge is 0.377 e. The molecule has 0 bridgehead atoms. The molecule has 0 amide bonds. The fraction of sp³-hybridized carbons (Fsp3) is 0.800. The number of aliphatic hydroxyl groups excluding tert-OH is 2. The molecule has 8 N–H and O–H groups in total. The number of hydrogen-bond donors (Lipinski definition) is 6. The molecule has 0 spiro atoms.